The Morgan fingerprint density at radius 3 is 2.50 bits per heavy atom. The summed E-state index contributed by atoms with van der Waals surface area (Å²) in [5.74, 6) is -0.211. The SMILES string of the molecule is N#Cc1cc(O)cc(Br)c1S(=O)(=O)Cl. The summed E-state index contributed by atoms with van der Waals surface area (Å²) in [7, 11) is 1.11. The molecule has 1 N–H and O–H groups in total. The number of hydrogen-bond acceptors (Lipinski definition) is 4. The molecule has 1 aromatic carbocycles. The maximum absolute atomic E-state index is 11.0. The highest BCUT2D eigenvalue weighted by Crippen LogP contribution is 2.31. The van der Waals surface area contributed by atoms with E-state index in [1.807, 2.05) is 0 Å². The van der Waals surface area contributed by atoms with Gasteiger partial charge in [0.05, 0.1) is 5.56 Å². The van der Waals surface area contributed by atoms with Crippen LogP contribution in [0, 0.1) is 11.3 Å². The highest BCUT2D eigenvalue weighted by Gasteiger charge is 2.20. The molecule has 0 aliphatic carbocycles. The van der Waals surface area contributed by atoms with Crippen molar-refractivity contribution in [3.63, 3.8) is 0 Å². The lowest BCUT2D eigenvalue weighted by molar-refractivity contribution is 0.474. The molecule has 1 aromatic rings. The molecule has 7 heteroatoms. The highest BCUT2D eigenvalue weighted by atomic mass is 79.9. The van der Waals surface area contributed by atoms with E-state index in [1.165, 1.54) is 0 Å². The van der Waals surface area contributed by atoms with Gasteiger partial charge in [-0.3, -0.25) is 0 Å². The molecule has 0 fully saturated rings. The Balaban J connectivity index is 3.68. The smallest absolute Gasteiger partial charge is 0.263 e. The van der Waals surface area contributed by atoms with Crippen LogP contribution in [-0.2, 0) is 9.05 Å². The van der Waals surface area contributed by atoms with Crippen molar-refractivity contribution in [2.24, 2.45) is 0 Å². The van der Waals surface area contributed by atoms with Crippen molar-refractivity contribution in [3.05, 3.63) is 22.2 Å². The largest absolute Gasteiger partial charge is 0.508 e. The molecule has 0 radical (unpaired) electrons. The minimum atomic E-state index is -4.00. The molecule has 14 heavy (non-hydrogen) atoms. The van der Waals surface area contributed by atoms with E-state index in [9.17, 15) is 8.42 Å². The molecular weight excluding hydrogens is 294 g/mol. The van der Waals surface area contributed by atoms with Crippen molar-refractivity contribution in [1.29, 1.82) is 5.26 Å². The number of benzene rings is 1. The Labute approximate surface area is 93.3 Å². The van der Waals surface area contributed by atoms with Gasteiger partial charge in [-0.25, -0.2) is 8.42 Å². The van der Waals surface area contributed by atoms with Gasteiger partial charge in [-0.1, -0.05) is 0 Å². The van der Waals surface area contributed by atoms with Gasteiger partial charge >= 0.3 is 0 Å². The van der Waals surface area contributed by atoms with Gasteiger partial charge in [0.15, 0.2) is 0 Å². The summed E-state index contributed by atoms with van der Waals surface area (Å²) in [6.45, 7) is 0. The summed E-state index contributed by atoms with van der Waals surface area (Å²) in [4.78, 5) is -0.334. The number of rotatable bonds is 1. The van der Waals surface area contributed by atoms with Crippen molar-refractivity contribution >= 4 is 35.7 Å². The van der Waals surface area contributed by atoms with Crippen molar-refractivity contribution in [2.45, 2.75) is 4.90 Å². The van der Waals surface area contributed by atoms with Crippen LogP contribution in [0.5, 0.6) is 5.75 Å². The second-order valence-corrected chi connectivity index (χ2v) is 5.71. The predicted octanol–water partition coefficient (Wildman–Crippen LogP) is 1.95. The molecule has 0 amide bonds. The van der Waals surface area contributed by atoms with E-state index in [4.69, 9.17) is 21.1 Å². The number of phenols is 1. The first-order valence-electron chi connectivity index (χ1n) is 3.23. The lowest BCUT2D eigenvalue weighted by Crippen LogP contribution is -1.96. The third-order valence-electron chi connectivity index (χ3n) is 1.39. The van der Waals surface area contributed by atoms with E-state index in [2.05, 4.69) is 15.9 Å². The fourth-order valence-corrected chi connectivity index (χ4v) is 3.43. The van der Waals surface area contributed by atoms with Gasteiger partial charge in [-0.15, -0.1) is 0 Å². The molecule has 0 saturated carbocycles. The lowest BCUT2D eigenvalue weighted by Gasteiger charge is -2.03. The molecule has 0 spiro atoms. The Kier molecular flexibility index (Phi) is 3.04. The molecule has 0 saturated heterocycles. The zero-order valence-corrected chi connectivity index (χ0v) is 9.69. The molecule has 4 nitrogen and oxygen atoms in total. The molecule has 0 aromatic heterocycles. The second-order valence-electron chi connectivity index (χ2n) is 2.35. The van der Waals surface area contributed by atoms with Crippen LogP contribution in [-0.4, -0.2) is 13.5 Å². The summed E-state index contributed by atoms with van der Waals surface area (Å²) in [5, 5.41) is 17.7. The summed E-state index contributed by atoms with van der Waals surface area (Å²) >= 11 is 2.90. The highest BCUT2D eigenvalue weighted by molar-refractivity contribution is 9.10. The fourth-order valence-electron chi connectivity index (χ4n) is 0.910. The molecule has 0 bridgehead atoms. The van der Waals surface area contributed by atoms with Gasteiger partial charge < -0.3 is 5.11 Å². The van der Waals surface area contributed by atoms with Crippen LogP contribution in [0.1, 0.15) is 5.56 Å². The third-order valence-corrected chi connectivity index (χ3v) is 3.67. The number of hydrogen-bond donors (Lipinski definition) is 1. The Hall–Kier alpha value is -0.770. The van der Waals surface area contributed by atoms with Gasteiger partial charge in [-0.2, -0.15) is 5.26 Å². The van der Waals surface area contributed by atoms with Crippen LogP contribution >= 0.6 is 26.6 Å². The normalized spacial score (nSPS) is 10.9. The van der Waals surface area contributed by atoms with Crippen LogP contribution in [0.3, 0.4) is 0 Å². The molecule has 1 rings (SSSR count). The van der Waals surface area contributed by atoms with Crippen LogP contribution in [0.15, 0.2) is 21.5 Å². The van der Waals surface area contributed by atoms with Gasteiger partial charge in [0.25, 0.3) is 9.05 Å². The van der Waals surface area contributed by atoms with E-state index in [0.29, 0.717) is 0 Å². The molecule has 0 unspecified atom stereocenters. The van der Waals surface area contributed by atoms with Crippen molar-refractivity contribution in [1.82, 2.24) is 0 Å². The van der Waals surface area contributed by atoms with Crippen molar-refractivity contribution in [3.8, 4) is 11.8 Å². The fraction of sp³-hybridized carbons (Fsp3) is 0. The first-order valence-corrected chi connectivity index (χ1v) is 6.33. The molecule has 0 aliphatic heterocycles. The average Bonchev–Trinajstić information content (AvgIpc) is 1.99. The van der Waals surface area contributed by atoms with E-state index in [1.54, 1.807) is 6.07 Å². The molecule has 0 atom stereocenters. The van der Waals surface area contributed by atoms with Crippen LogP contribution in [0.25, 0.3) is 0 Å². The van der Waals surface area contributed by atoms with E-state index in [0.717, 1.165) is 12.1 Å². The van der Waals surface area contributed by atoms with E-state index < -0.39 is 9.05 Å². The maximum atomic E-state index is 11.0. The quantitative estimate of drug-likeness (QED) is 0.804. The first kappa shape index (κ1) is 11.3. The minimum Gasteiger partial charge on any atom is -0.508 e. The van der Waals surface area contributed by atoms with Gasteiger partial charge in [-0.05, 0) is 28.1 Å². The maximum Gasteiger partial charge on any atom is 0.263 e. The standard InChI is InChI=1S/C7H3BrClNO3S/c8-6-2-5(11)1-4(3-10)7(6)14(9,12)13/h1-2,11H. The Bertz CT molecular complexity index is 520. The number of halogens is 2. The summed E-state index contributed by atoms with van der Waals surface area (Å²) in [6, 6.07) is 3.81. The Morgan fingerprint density at radius 2 is 2.07 bits per heavy atom. The predicted molar refractivity (Wildman–Crippen MR) is 53.6 cm³/mol. The number of aromatic hydroxyl groups is 1. The average molecular weight is 297 g/mol. The van der Waals surface area contributed by atoms with Crippen molar-refractivity contribution < 1.29 is 13.5 Å². The third kappa shape index (κ3) is 2.18. The van der Waals surface area contributed by atoms with Crippen molar-refractivity contribution in [2.75, 3.05) is 0 Å². The van der Waals surface area contributed by atoms with Crippen LogP contribution in [0.2, 0.25) is 0 Å². The lowest BCUT2D eigenvalue weighted by atomic mass is 10.2. The summed E-state index contributed by atoms with van der Waals surface area (Å²) in [6.07, 6.45) is 0. The number of nitrogens with zero attached hydrogens (tertiary/aromatic N) is 1. The van der Waals surface area contributed by atoms with E-state index in [-0.39, 0.29) is 20.7 Å². The van der Waals surface area contributed by atoms with Gasteiger partial charge in [0, 0.05) is 15.2 Å². The van der Waals surface area contributed by atoms with Gasteiger partial charge in [0.1, 0.15) is 16.7 Å². The molecule has 0 heterocycles. The number of nitriles is 1. The summed E-state index contributed by atoms with van der Waals surface area (Å²) in [5.41, 5.74) is -0.202. The van der Waals surface area contributed by atoms with Crippen LogP contribution < -0.4 is 0 Å². The first-order chi connectivity index (χ1) is 6.36. The van der Waals surface area contributed by atoms with Crippen LogP contribution in [0.4, 0.5) is 0 Å². The zero-order chi connectivity index (χ0) is 10.9. The van der Waals surface area contributed by atoms with Gasteiger partial charge in [0.2, 0.25) is 0 Å². The van der Waals surface area contributed by atoms with E-state index >= 15 is 0 Å². The minimum absolute atomic E-state index is 0.0593. The summed E-state index contributed by atoms with van der Waals surface area (Å²) < 4.78 is 22.2. The monoisotopic (exact) mass is 295 g/mol. The Morgan fingerprint density at radius 1 is 1.50 bits per heavy atom. The molecule has 74 valence electrons. The zero-order valence-electron chi connectivity index (χ0n) is 6.53. The topological polar surface area (TPSA) is 78.2 Å². The molecule has 0 aliphatic rings. The molecular formula is C7H3BrClNO3S. The number of phenolic OH excluding ortho intramolecular Hbond substituents is 1. The second kappa shape index (κ2) is 3.77.